The van der Waals surface area contributed by atoms with Gasteiger partial charge in [0.15, 0.2) is 0 Å². The van der Waals surface area contributed by atoms with Crippen molar-refractivity contribution in [2.24, 2.45) is 0 Å². The van der Waals surface area contributed by atoms with E-state index in [2.05, 4.69) is 15.9 Å². The molecule has 0 spiro atoms. The number of benzene rings is 2. The molecule has 1 N–H and O–H groups in total. The van der Waals surface area contributed by atoms with Gasteiger partial charge in [-0.25, -0.2) is 4.79 Å². The largest absolute Gasteiger partial charge is 0.496 e. The third-order valence-electron chi connectivity index (χ3n) is 2.89. The van der Waals surface area contributed by atoms with Crippen LogP contribution in [0.3, 0.4) is 0 Å². The van der Waals surface area contributed by atoms with Crippen LogP contribution in [-0.4, -0.2) is 22.4 Å². The lowest BCUT2D eigenvalue weighted by molar-refractivity contribution is 0.0693. The zero-order chi connectivity index (χ0) is 15.4. The molecule has 0 aliphatic heterocycles. The summed E-state index contributed by atoms with van der Waals surface area (Å²) in [6.07, 6.45) is 0. The average molecular weight is 369 g/mol. The van der Waals surface area contributed by atoms with Gasteiger partial charge in [0, 0.05) is 10.0 Å². The van der Waals surface area contributed by atoms with E-state index in [1.807, 2.05) is 12.1 Å². The summed E-state index contributed by atoms with van der Waals surface area (Å²) in [5.74, 6) is -0.271. The number of carbonyl (C=O) groups is 1. The number of hydrogen-bond acceptors (Lipinski definition) is 3. The molecular formula is C15H13BrO4S. The second kappa shape index (κ2) is 6.87. The molecule has 0 heterocycles. The maximum Gasteiger partial charge on any atom is 0.336 e. The van der Waals surface area contributed by atoms with Crippen molar-refractivity contribution in [3.05, 3.63) is 58.1 Å². The van der Waals surface area contributed by atoms with E-state index >= 15 is 0 Å². The summed E-state index contributed by atoms with van der Waals surface area (Å²) < 4.78 is 18.6. The Hall–Kier alpha value is -1.66. The van der Waals surface area contributed by atoms with Crippen molar-refractivity contribution in [2.75, 3.05) is 7.11 Å². The summed E-state index contributed by atoms with van der Waals surface area (Å²) in [7, 11) is 0.0742. The molecule has 0 radical (unpaired) electrons. The molecule has 6 heteroatoms. The molecule has 0 saturated carbocycles. The van der Waals surface area contributed by atoms with Crippen molar-refractivity contribution in [2.45, 2.75) is 10.6 Å². The predicted octanol–water partition coefficient (Wildman–Crippen LogP) is 3.46. The number of halogens is 1. The van der Waals surface area contributed by atoms with Gasteiger partial charge >= 0.3 is 5.97 Å². The second-order valence-electron chi connectivity index (χ2n) is 4.25. The summed E-state index contributed by atoms with van der Waals surface area (Å²) >= 11 is 3.36. The fourth-order valence-electron chi connectivity index (χ4n) is 1.92. The van der Waals surface area contributed by atoms with Gasteiger partial charge in [-0.2, -0.15) is 0 Å². The number of carboxylic acid groups (broad SMARTS) is 1. The van der Waals surface area contributed by atoms with E-state index in [1.165, 1.54) is 6.07 Å². The smallest absolute Gasteiger partial charge is 0.336 e. The average Bonchev–Trinajstić information content (AvgIpc) is 2.47. The zero-order valence-electron chi connectivity index (χ0n) is 11.2. The molecule has 1 atom stereocenters. The summed E-state index contributed by atoms with van der Waals surface area (Å²) in [5.41, 5.74) is 0.815. The number of hydrogen-bond donors (Lipinski definition) is 1. The Balaban J connectivity index is 2.35. The van der Waals surface area contributed by atoms with Crippen molar-refractivity contribution >= 4 is 32.7 Å². The molecule has 2 aromatic carbocycles. The van der Waals surface area contributed by atoms with Crippen LogP contribution >= 0.6 is 15.9 Å². The minimum absolute atomic E-state index is 0.0600. The van der Waals surface area contributed by atoms with E-state index in [0.29, 0.717) is 10.6 Å². The van der Waals surface area contributed by atoms with Gasteiger partial charge in [0.25, 0.3) is 0 Å². The molecule has 0 bridgehead atoms. The van der Waals surface area contributed by atoms with Gasteiger partial charge in [0.2, 0.25) is 0 Å². The van der Waals surface area contributed by atoms with Crippen molar-refractivity contribution in [1.82, 2.24) is 0 Å². The molecular weight excluding hydrogens is 356 g/mol. The molecule has 4 nitrogen and oxygen atoms in total. The first-order chi connectivity index (χ1) is 10.0. The molecule has 0 fully saturated rings. The maximum absolute atomic E-state index is 12.5. The molecule has 0 aliphatic carbocycles. The summed E-state index contributed by atoms with van der Waals surface area (Å²) in [6, 6.07) is 11.7. The summed E-state index contributed by atoms with van der Waals surface area (Å²) in [5, 5.41) is 9.16. The van der Waals surface area contributed by atoms with Gasteiger partial charge in [-0.15, -0.1) is 0 Å². The number of carboxylic acids is 1. The van der Waals surface area contributed by atoms with Crippen molar-refractivity contribution in [1.29, 1.82) is 0 Å². The van der Waals surface area contributed by atoms with Gasteiger partial charge in [-0.3, -0.25) is 4.21 Å². The van der Waals surface area contributed by atoms with Crippen molar-refractivity contribution in [3.8, 4) is 5.75 Å². The van der Waals surface area contributed by atoms with E-state index in [0.717, 1.165) is 10.0 Å². The summed E-state index contributed by atoms with van der Waals surface area (Å²) in [4.78, 5) is 11.5. The standard InChI is InChI=1S/C15H13BrO4S/c1-20-13-7-6-11(16)8-10(13)9-21(19)14-5-3-2-4-12(14)15(17)18/h2-8H,9H2,1H3,(H,17,18). The van der Waals surface area contributed by atoms with Crippen LogP contribution in [0.15, 0.2) is 51.8 Å². The third-order valence-corrected chi connectivity index (χ3v) is 4.80. The first-order valence-corrected chi connectivity index (χ1v) is 8.17. The van der Waals surface area contributed by atoms with Crippen LogP contribution < -0.4 is 4.74 Å². The highest BCUT2D eigenvalue weighted by molar-refractivity contribution is 9.10. The maximum atomic E-state index is 12.5. The van der Waals surface area contributed by atoms with E-state index in [1.54, 1.807) is 31.4 Å². The topological polar surface area (TPSA) is 63.6 Å². The highest BCUT2D eigenvalue weighted by Gasteiger charge is 2.16. The zero-order valence-corrected chi connectivity index (χ0v) is 13.6. The Morgan fingerprint density at radius 1 is 1.29 bits per heavy atom. The Morgan fingerprint density at radius 2 is 2.00 bits per heavy atom. The van der Waals surface area contributed by atoms with Gasteiger partial charge in [-0.05, 0) is 30.3 Å². The van der Waals surface area contributed by atoms with Gasteiger partial charge in [-0.1, -0.05) is 28.1 Å². The molecule has 0 amide bonds. The van der Waals surface area contributed by atoms with Crippen molar-refractivity contribution < 1.29 is 18.8 Å². The third kappa shape index (κ3) is 3.71. The monoisotopic (exact) mass is 368 g/mol. The molecule has 0 aromatic heterocycles. The first-order valence-electron chi connectivity index (χ1n) is 6.06. The van der Waals surface area contributed by atoms with Crippen molar-refractivity contribution in [3.63, 3.8) is 0 Å². The molecule has 1 unspecified atom stereocenters. The molecule has 21 heavy (non-hydrogen) atoms. The van der Waals surface area contributed by atoms with Crippen LogP contribution in [0.5, 0.6) is 5.75 Å². The molecule has 0 aliphatic rings. The summed E-state index contributed by atoms with van der Waals surface area (Å²) in [6.45, 7) is 0. The molecule has 0 saturated heterocycles. The van der Waals surface area contributed by atoms with Gasteiger partial charge in [0.05, 0.1) is 34.1 Å². The minimum Gasteiger partial charge on any atom is -0.496 e. The Bertz CT molecular complexity index is 700. The van der Waals surface area contributed by atoms with E-state index in [4.69, 9.17) is 9.84 Å². The SMILES string of the molecule is COc1ccc(Br)cc1CS(=O)c1ccccc1C(=O)O. The Morgan fingerprint density at radius 3 is 2.67 bits per heavy atom. The Labute approximate surface area is 133 Å². The lowest BCUT2D eigenvalue weighted by Gasteiger charge is -2.10. The van der Waals surface area contributed by atoms with Crippen LogP contribution in [0.1, 0.15) is 15.9 Å². The number of aromatic carboxylic acids is 1. The molecule has 2 rings (SSSR count). The highest BCUT2D eigenvalue weighted by Crippen LogP contribution is 2.26. The first kappa shape index (κ1) is 15.7. The van der Waals surface area contributed by atoms with Gasteiger partial charge < -0.3 is 9.84 Å². The van der Waals surface area contributed by atoms with Crippen LogP contribution in [-0.2, 0) is 16.6 Å². The van der Waals surface area contributed by atoms with E-state index in [9.17, 15) is 9.00 Å². The van der Waals surface area contributed by atoms with Gasteiger partial charge in [0.1, 0.15) is 5.75 Å². The number of methoxy groups -OCH3 is 1. The normalized spacial score (nSPS) is 11.9. The lowest BCUT2D eigenvalue weighted by Crippen LogP contribution is -2.06. The van der Waals surface area contributed by atoms with Crippen LogP contribution in [0, 0.1) is 0 Å². The lowest BCUT2D eigenvalue weighted by atomic mass is 10.2. The number of rotatable bonds is 5. The highest BCUT2D eigenvalue weighted by atomic mass is 79.9. The van der Waals surface area contributed by atoms with Crippen LogP contribution in [0.25, 0.3) is 0 Å². The van der Waals surface area contributed by atoms with E-state index < -0.39 is 16.8 Å². The minimum atomic E-state index is -1.47. The van der Waals surface area contributed by atoms with Crippen LogP contribution in [0.2, 0.25) is 0 Å². The quantitative estimate of drug-likeness (QED) is 0.877. The predicted molar refractivity (Wildman–Crippen MR) is 84.2 cm³/mol. The fraction of sp³-hybridized carbons (Fsp3) is 0.133. The molecule has 110 valence electrons. The second-order valence-corrected chi connectivity index (χ2v) is 6.58. The molecule has 2 aromatic rings. The van der Waals surface area contributed by atoms with E-state index in [-0.39, 0.29) is 11.3 Å². The Kier molecular flexibility index (Phi) is 5.14. The number of ether oxygens (including phenoxy) is 1. The van der Waals surface area contributed by atoms with Crippen LogP contribution in [0.4, 0.5) is 0 Å². The fourth-order valence-corrected chi connectivity index (χ4v) is 3.62.